The summed E-state index contributed by atoms with van der Waals surface area (Å²) in [6.07, 6.45) is 0. The van der Waals surface area contributed by atoms with E-state index < -0.39 is 0 Å². The van der Waals surface area contributed by atoms with Crippen LogP contribution in [0.2, 0.25) is 5.02 Å². The molecule has 1 aliphatic heterocycles. The van der Waals surface area contributed by atoms with E-state index in [9.17, 15) is 9.59 Å². The van der Waals surface area contributed by atoms with E-state index in [0.717, 1.165) is 5.56 Å². The maximum atomic E-state index is 12.9. The molecule has 7 heteroatoms. The lowest BCUT2D eigenvalue weighted by Gasteiger charge is -2.34. The quantitative estimate of drug-likeness (QED) is 0.755. The molecule has 29 heavy (non-hydrogen) atoms. The number of amides is 2. The lowest BCUT2D eigenvalue weighted by Crippen LogP contribution is -2.51. The third-order valence-electron chi connectivity index (χ3n) is 4.78. The van der Waals surface area contributed by atoms with E-state index in [1.807, 2.05) is 48.2 Å². The molecule has 0 saturated carbocycles. The second-order valence-electron chi connectivity index (χ2n) is 6.97. The van der Waals surface area contributed by atoms with Crippen LogP contribution in [0, 0.1) is 0 Å². The molecular weight excluding hydrogens is 390 g/mol. The van der Waals surface area contributed by atoms with Crippen LogP contribution in [0.3, 0.4) is 0 Å². The average Bonchev–Trinajstić information content (AvgIpc) is 2.73. The van der Waals surface area contributed by atoms with Crippen molar-refractivity contribution in [3.63, 3.8) is 0 Å². The van der Waals surface area contributed by atoms with Crippen LogP contribution < -0.4 is 10.1 Å². The van der Waals surface area contributed by atoms with Gasteiger partial charge in [-0.3, -0.25) is 14.5 Å². The summed E-state index contributed by atoms with van der Waals surface area (Å²) < 4.78 is 5.83. The molecule has 2 aromatic rings. The van der Waals surface area contributed by atoms with E-state index in [2.05, 4.69) is 10.2 Å². The second kappa shape index (κ2) is 10.3. The average molecular weight is 416 g/mol. The van der Waals surface area contributed by atoms with Gasteiger partial charge in [-0.1, -0.05) is 29.8 Å². The Hall–Kier alpha value is -2.57. The van der Waals surface area contributed by atoms with Crippen molar-refractivity contribution in [3.05, 3.63) is 64.7 Å². The first-order chi connectivity index (χ1) is 14.0. The van der Waals surface area contributed by atoms with Crippen molar-refractivity contribution in [1.82, 2.24) is 15.1 Å². The Kier molecular flexibility index (Phi) is 7.49. The highest BCUT2D eigenvalue weighted by Crippen LogP contribution is 2.18. The van der Waals surface area contributed by atoms with Gasteiger partial charge in [0, 0.05) is 43.3 Å². The highest BCUT2D eigenvalue weighted by molar-refractivity contribution is 6.30. The number of nitrogens with one attached hydrogen (secondary N) is 1. The molecule has 0 aliphatic carbocycles. The number of hydrogen-bond donors (Lipinski definition) is 1. The van der Waals surface area contributed by atoms with Crippen molar-refractivity contribution in [1.29, 1.82) is 0 Å². The van der Waals surface area contributed by atoms with Crippen LogP contribution in [0.5, 0.6) is 5.75 Å². The highest BCUT2D eigenvalue weighted by Gasteiger charge is 2.23. The van der Waals surface area contributed by atoms with Gasteiger partial charge in [-0.15, -0.1) is 0 Å². The predicted octanol–water partition coefficient (Wildman–Crippen LogP) is 2.81. The van der Waals surface area contributed by atoms with E-state index in [1.54, 1.807) is 12.1 Å². The number of benzene rings is 2. The van der Waals surface area contributed by atoms with Gasteiger partial charge in [0.2, 0.25) is 5.91 Å². The van der Waals surface area contributed by atoms with Crippen LogP contribution in [0.15, 0.2) is 48.5 Å². The van der Waals surface area contributed by atoms with Crippen molar-refractivity contribution in [2.24, 2.45) is 0 Å². The molecule has 2 amide bonds. The SMILES string of the molecule is CCNC(=O)CN1CCN(C(=O)c2cccc(OCc3cccc(Cl)c3)c2)CC1. The van der Waals surface area contributed by atoms with E-state index in [4.69, 9.17) is 16.3 Å². The first-order valence-electron chi connectivity index (χ1n) is 9.81. The number of halogens is 1. The summed E-state index contributed by atoms with van der Waals surface area (Å²) in [6.45, 7) is 5.88. The molecule has 6 nitrogen and oxygen atoms in total. The van der Waals surface area contributed by atoms with Gasteiger partial charge in [0.1, 0.15) is 12.4 Å². The zero-order chi connectivity index (χ0) is 20.6. The molecule has 3 rings (SSSR count). The van der Waals surface area contributed by atoms with Crippen molar-refractivity contribution in [2.45, 2.75) is 13.5 Å². The fraction of sp³-hybridized carbons (Fsp3) is 0.364. The molecule has 0 radical (unpaired) electrons. The molecule has 1 heterocycles. The molecule has 1 N–H and O–H groups in total. The molecule has 2 aromatic carbocycles. The van der Waals surface area contributed by atoms with Crippen LogP contribution in [-0.4, -0.2) is 60.9 Å². The highest BCUT2D eigenvalue weighted by atomic mass is 35.5. The number of rotatable bonds is 7. The first-order valence-corrected chi connectivity index (χ1v) is 10.2. The van der Waals surface area contributed by atoms with Crippen LogP contribution in [-0.2, 0) is 11.4 Å². The van der Waals surface area contributed by atoms with Gasteiger partial charge in [-0.25, -0.2) is 0 Å². The van der Waals surface area contributed by atoms with Crippen LogP contribution in [0.25, 0.3) is 0 Å². The number of hydrogen-bond acceptors (Lipinski definition) is 4. The van der Waals surface area contributed by atoms with Gasteiger partial charge < -0.3 is 15.0 Å². The molecule has 0 bridgehead atoms. The maximum absolute atomic E-state index is 12.9. The van der Waals surface area contributed by atoms with Crippen molar-refractivity contribution < 1.29 is 14.3 Å². The second-order valence-corrected chi connectivity index (χ2v) is 7.40. The molecule has 1 aliphatic rings. The minimum absolute atomic E-state index is 0.0177. The molecule has 1 saturated heterocycles. The zero-order valence-electron chi connectivity index (χ0n) is 16.6. The number of carbonyl (C=O) groups excluding carboxylic acids is 2. The molecule has 0 unspecified atom stereocenters. The van der Waals surface area contributed by atoms with Crippen molar-refractivity contribution in [2.75, 3.05) is 39.3 Å². The van der Waals surface area contributed by atoms with E-state index in [1.165, 1.54) is 0 Å². The van der Waals surface area contributed by atoms with Crippen LogP contribution >= 0.6 is 11.6 Å². The van der Waals surface area contributed by atoms with Gasteiger partial charge in [-0.05, 0) is 42.8 Å². The summed E-state index contributed by atoms with van der Waals surface area (Å²) in [7, 11) is 0. The summed E-state index contributed by atoms with van der Waals surface area (Å²) in [6, 6.07) is 14.7. The minimum Gasteiger partial charge on any atom is -0.489 e. The Morgan fingerprint density at radius 3 is 2.55 bits per heavy atom. The van der Waals surface area contributed by atoms with Gasteiger partial charge in [0.15, 0.2) is 0 Å². The van der Waals surface area contributed by atoms with Gasteiger partial charge in [-0.2, -0.15) is 0 Å². The summed E-state index contributed by atoms with van der Waals surface area (Å²) >= 11 is 6.00. The topological polar surface area (TPSA) is 61.9 Å². The van der Waals surface area contributed by atoms with Crippen LogP contribution in [0.4, 0.5) is 0 Å². The summed E-state index contributed by atoms with van der Waals surface area (Å²) in [5, 5.41) is 3.47. The lowest BCUT2D eigenvalue weighted by molar-refractivity contribution is -0.122. The predicted molar refractivity (Wildman–Crippen MR) is 113 cm³/mol. The van der Waals surface area contributed by atoms with Gasteiger partial charge in [0.05, 0.1) is 6.54 Å². The first kappa shape index (κ1) is 21.1. The van der Waals surface area contributed by atoms with Crippen molar-refractivity contribution in [3.8, 4) is 5.75 Å². The summed E-state index contributed by atoms with van der Waals surface area (Å²) in [5.74, 6) is 0.651. The molecule has 0 spiro atoms. The van der Waals surface area contributed by atoms with Crippen molar-refractivity contribution >= 4 is 23.4 Å². The summed E-state index contributed by atoms with van der Waals surface area (Å²) in [5.41, 5.74) is 1.57. The fourth-order valence-corrected chi connectivity index (χ4v) is 3.47. The Labute approximate surface area is 176 Å². The van der Waals surface area contributed by atoms with Gasteiger partial charge in [0.25, 0.3) is 5.91 Å². The third-order valence-corrected chi connectivity index (χ3v) is 5.01. The minimum atomic E-state index is -0.0177. The molecular formula is C22H26ClN3O3. The number of likely N-dealkylation sites (N-methyl/N-ethyl adjacent to an activating group) is 1. The van der Waals surface area contributed by atoms with E-state index in [-0.39, 0.29) is 11.8 Å². The lowest BCUT2D eigenvalue weighted by atomic mass is 10.1. The molecule has 154 valence electrons. The normalized spacial score (nSPS) is 14.5. The maximum Gasteiger partial charge on any atom is 0.254 e. The Morgan fingerprint density at radius 2 is 1.83 bits per heavy atom. The fourth-order valence-electron chi connectivity index (χ4n) is 3.26. The number of carbonyl (C=O) groups is 2. The molecule has 1 fully saturated rings. The Bertz CT molecular complexity index is 851. The molecule has 0 atom stereocenters. The van der Waals surface area contributed by atoms with Gasteiger partial charge >= 0.3 is 0 Å². The number of nitrogens with zero attached hydrogens (tertiary/aromatic N) is 2. The third kappa shape index (κ3) is 6.21. The Balaban J connectivity index is 1.53. The summed E-state index contributed by atoms with van der Waals surface area (Å²) in [4.78, 5) is 28.5. The Morgan fingerprint density at radius 1 is 1.07 bits per heavy atom. The zero-order valence-corrected chi connectivity index (χ0v) is 17.3. The van der Waals surface area contributed by atoms with E-state index in [0.29, 0.717) is 62.2 Å². The monoisotopic (exact) mass is 415 g/mol. The standard InChI is InChI=1S/C22H26ClN3O3/c1-2-24-21(27)15-25-9-11-26(12-10-25)22(28)18-6-4-8-20(14-18)29-16-17-5-3-7-19(23)13-17/h3-8,13-14H,2,9-12,15-16H2,1H3,(H,24,27). The largest absolute Gasteiger partial charge is 0.489 e. The molecule has 0 aromatic heterocycles. The number of piperazine rings is 1. The smallest absolute Gasteiger partial charge is 0.254 e. The van der Waals surface area contributed by atoms with Crippen LogP contribution in [0.1, 0.15) is 22.8 Å². The van der Waals surface area contributed by atoms with E-state index >= 15 is 0 Å². The number of ether oxygens (including phenoxy) is 1.